The Morgan fingerprint density at radius 3 is 2.20 bits per heavy atom. The molecule has 0 unspecified atom stereocenters. The SMILES string of the molecule is CCN(CC)S(=O)(=O)CC[C@H](N)C(=O)O. The highest BCUT2D eigenvalue weighted by atomic mass is 32.2. The molecule has 0 aromatic heterocycles. The molecule has 3 N–H and O–H groups in total. The third kappa shape index (κ3) is 4.59. The summed E-state index contributed by atoms with van der Waals surface area (Å²) < 4.78 is 24.5. The van der Waals surface area contributed by atoms with Gasteiger partial charge in [-0.1, -0.05) is 13.8 Å². The Kier molecular flexibility index (Phi) is 5.77. The summed E-state index contributed by atoms with van der Waals surface area (Å²) in [5.41, 5.74) is 5.22. The molecule has 0 heterocycles. The Bertz CT molecular complexity index is 298. The topological polar surface area (TPSA) is 101 Å². The summed E-state index contributed by atoms with van der Waals surface area (Å²) in [5.74, 6) is -1.40. The maximum Gasteiger partial charge on any atom is 0.320 e. The molecule has 6 nitrogen and oxygen atoms in total. The second-order valence-electron chi connectivity index (χ2n) is 3.13. The normalized spacial score (nSPS) is 14.1. The molecule has 0 aromatic rings. The molecule has 1 atom stereocenters. The number of carboxylic acids is 1. The summed E-state index contributed by atoms with van der Waals surface area (Å²) in [4.78, 5) is 10.4. The van der Waals surface area contributed by atoms with Gasteiger partial charge in [-0.15, -0.1) is 0 Å². The first-order valence-electron chi connectivity index (χ1n) is 4.81. The van der Waals surface area contributed by atoms with E-state index in [0.29, 0.717) is 13.1 Å². The van der Waals surface area contributed by atoms with Gasteiger partial charge in [-0.3, -0.25) is 4.79 Å². The van der Waals surface area contributed by atoms with Crippen LogP contribution in [-0.4, -0.2) is 48.7 Å². The number of carboxylic acid groups (broad SMARTS) is 1. The molecule has 0 aromatic carbocycles. The van der Waals surface area contributed by atoms with Gasteiger partial charge in [0.25, 0.3) is 0 Å². The second-order valence-corrected chi connectivity index (χ2v) is 5.22. The summed E-state index contributed by atoms with van der Waals surface area (Å²) in [7, 11) is -3.36. The Morgan fingerprint density at radius 2 is 1.87 bits per heavy atom. The first-order chi connectivity index (χ1) is 6.85. The van der Waals surface area contributed by atoms with Crippen LogP contribution in [0.5, 0.6) is 0 Å². The van der Waals surface area contributed by atoms with E-state index in [4.69, 9.17) is 10.8 Å². The molecule has 0 radical (unpaired) electrons. The number of carbonyl (C=O) groups is 1. The Labute approximate surface area is 90.1 Å². The van der Waals surface area contributed by atoms with Crippen molar-refractivity contribution < 1.29 is 18.3 Å². The van der Waals surface area contributed by atoms with Gasteiger partial charge in [0.1, 0.15) is 6.04 Å². The van der Waals surface area contributed by atoms with E-state index in [2.05, 4.69) is 0 Å². The Morgan fingerprint density at radius 1 is 1.40 bits per heavy atom. The van der Waals surface area contributed by atoms with Crippen molar-refractivity contribution in [3.63, 3.8) is 0 Å². The maximum absolute atomic E-state index is 11.6. The van der Waals surface area contributed by atoms with E-state index >= 15 is 0 Å². The van der Waals surface area contributed by atoms with Crippen LogP contribution in [0.3, 0.4) is 0 Å². The molecule has 0 saturated heterocycles. The fraction of sp³-hybridized carbons (Fsp3) is 0.875. The zero-order valence-corrected chi connectivity index (χ0v) is 9.83. The monoisotopic (exact) mass is 238 g/mol. The van der Waals surface area contributed by atoms with Crippen LogP contribution in [-0.2, 0) is 14.8 Å². The van der Waals surface area contributed by atoms with Crippen LogP contribution in [0, 0.1) is 0 Å². The van der Waals surface area contributed by atoms with Crippen molar-refractivity contribution in [3.8, 4) is 0 Å². The molecule has 0 spiro atoms. The van der Waals surface area contributed by atoms with E-state index in [-0.39, 0.29) is 12.2 Å². The fourth-order valence-electron chi connectivity index (χ4n) is 1.15. The van der Waals surface area contributed by atoms with E-state index < -0.39 is 22.0 Å². The van der Waals surface area contributed by atoms with E-state index in [1.54, 1.807) is 13.8 Å². The number of hydrogen-bond donors (Lipinski definition) is 2. The minimum absolute atomic E-state index is 0.0613. The van der Waals surface area contributed by atoms with Gasteiger partial charge in [-0.25, -0.2) is 12.7 Å². The Hall–Kier alpha value is -0.660. The first-order valence-corrected chi connectivity index (χ1v) is 6.42. The van der Waals surface area contributed by atoms with Gasteiger partial charge in [0.05, 0.1) is 5.75 Å². The molecule has 0 aliphatic carbocycles. The number of nitrogens with zero attached hydrogens (tertiary/aromatic N) is 1. The van der Waals surface area contributed by atoms with Crippen molar-refractivity contribution in [3.05, 3.63) is 0 Å². The van der Waals surface area contributed by atoms with E-state index in [1.807, 2.05) is 0 Å². The molecule has 90 valence electrons. The first kappa shape index (κ1) is 14.3. The van der Waals surface area contributed by atoms with Crippen LogP contribution >= 0.6 is 0 Å². The molecule has 0 bridgehead atoms. The maximum atomic E-state index is 11.6. The Balaban J connectivity index is 4.33. The highest BCUT2D eigenvalue weighted by Crippen LogP contribution is 2.04. The molecular weight excluding hydrogens is 220 g/mol. The molecule has 7 heteroatoms. The number of rotatable bonds is 7. The van der Waals surface area contributed by atoms with Gasteiger partial charge in [-0.05, 0) is 6.42 Å². The van der Waals surface area contributed by atoms with Gasteiger partial charge < -0.3 is 10.8 Å². The summed E-state index contributed by atoms with van der Waals surface area (Å²) in [6, 6.07) is -1.12. The second kappa shape index (κ2) is 6.04. The number of aliphatic carboxylic acids is 1. The van der Waals surface area contributed by atoms with Crippen molar-refractivity contribution in [1.29, 1.82) is 0 Å². The molecule has 0 aliphatic rings. The lowest BCUT2D eigenvalue weighted by atomic mass is 10.2. The molecule has 0 rings (SSSR count). The van der Waals surface area contributed by atoms with Crippen LogP contribution in [0.2, 0.25) is 0 Å². The van der Waals surface area contributed by atoms with Crippen LogP contribution < -0.4 is 5.73 Å². The minimum Gasteiger partial charge on any atom is -0.480 e. The standard InChI is InChI=1S/C8H18N2O4S/c1-3-10(4-2)15(13,14)6-5-7(9)8(11)12/h7H,3-6,9H2,1-2H3,(H,11,12)/t7-/m0/s1. The quantitative estimate of drug-likeness (QED) is 0.620. The number of nitrogens with two attached hydrogens (primary N) is 1. The molecule has 0 fully saturated rings. The molecule has 0 saturated carbocycles. The lowest BCUT2D eigenvalue weighted by molar-refractivity contribution is -0.138. The average Bonchev–Trinajstić information content (AvgIpc) is 2.15. The zero-order chi connectivity index (χ0) is 12.1. The summed E-state index contributed by atoms with van der Waals surface area (Å²) >= 11 is 0. The highest BCUT2D eigenvalue weighted by Gasteiger charge is 2.21. The lowest BCUT2D eigenvalue weighted by Crippen LogP contribution is -2.37. The minimum atomic E-state index is -3.36. The van der Waals surface area contributed by atoms with Gasteiger partial charge >= 0.3 is 5.97 Å². The van der Waals surface area contributed by atoms with Crippen molar-refractivity contribution in [2.45, 2.75) is 26.3 Å². The zero-order valence-electron chi connectivity index (χ0n) is 9.01. The third-order valence-corrected chi connectivity index (χ3v) is 4.16. The van der Waals surface area contributed by atoms with Crippen molar-refractivity contribution >= 4 is 16.0 Å². The predicted molar refractivity (Wildman–Crippen MR) is 56.9 cm³/mol. The van der Waals surface area contributed by atoms with Crippen LogP contribution in [0.1, 0.15) is 20.3 Å². The fourth-order valence-corrected chi connectivity index (χ4v) is 2.74. The smallest absolute Gasteiger partial charge is 0.320 e. The van der Waals surface area contributed by atoms with Gasteiger partial charge in [-0.2, -0.15) is 0 Å². The van der Waals surface area contributed by atoms with Crippen LogP contribution in [0.25, 0.3) is 0 Å². The van der Waals surface area contributed by atoms with Crippen molar-refractivity contribution in [1.82, 2.24) is 4.31 Å². The number of hydrogen-bond acceptors (Lipinski definition) is 4. The third-order valence-electron chi connectivity index (χ3n) is 2.10. The highest BCUT2D eigenvalue weighted by molar-refractivity contribution is 7.89. The van der Waals surface area contributed by atoms with E-state index in [1.165, 1.54) is 4.31 Å². The lowest BCUT2D eigenvalue weighted by Gasteiger charge is -2.18. The van der Waals surface area contributed by atoms with Crippen molar-refractivity contribution in [2.24, 2.45) is 5.73 Å². The van der Waals surface area contributed by atoms with Crippen LogP contribution in [0.15, 0.2) is 0 Å². The van der Waals surface area contributed by atoms with E-state index in [9.17, 15) is 13.2 Å². The van der Waals surface area contributed by atoms with Crippen LogP contribution in [0.4, 0.5) is 0 Å². The predicted octanol–water partition coefficient (Wildman–Crippen LogP) is -0.540. The van der Waals surface area contributed by atoms with E-state index in [0.717, 1.165) is 0 Å². The average molecular weight is 238 g/mol. The van der Waals surface area contributed by atoms with Gasteiger partial charge in [0, 0.05) is 13.1 Å². The molecular formula is C8H18N2O4S. The summed E-state index contributed by atoms with van der Waals surface area (Å²) in [6.07, 6.45) is -0.0613. The summed E-state index contributed by atoms with van der Waals surface area (Å²) in [6.45, 7) is 4.25. The molecule has 0 amide bonds. The summed E-state index contributed by atoms with van der Waals surface area (Å²) in [5, 5.41) is 8.50. The molecule has 0 aliphatic heterocycles. The largest absolute Gasteiger partial charge is 0.480 e. The number of sulfonamides is 1. The molecule has 15 heavy (non-hydrogen) atoms. The van der Waals surface area contributed by atoms with Gasteiger partial charge in [0.15, 0.2) is 0 Å². The van der Waals surface area contributed by atoms with Gasteiger partial charge in [0.2, 0.25) is 10.0 Å². The van der Waals surface area contributed by atoms with Crippen molar-refractivity contribution in [2.75, 3.05) is 18.8 Å².